The fourth-order valence-electron chi connectivity index (χ4n) is 1.91. The van der Waals surface area contributed by atoms with Crippen LogP contribution in [0.4, 0.5) is 4.79 Å². The van der Waals surface area contributed by atoms with E-state index in [4.69, 9.17) is 4.74 Å². The summed E-state index contributed by atoms with van der Waals surface area (Å²) in [7, 11) is 0. The molecular formula is C15H28N4O2. The summed E-state index contributed by atoms with van der Waals surface area (Å²) in [4.78, 5) is 15.8. The van der Waals surface area contributed by atoms with Gasteiger partial charge < -0.3 is 19.9 Å². The lowest BCUT2D eigenvalue weighted by Gasteiger charge is -2.22. The molecule has 21 heavy (non-hydrogen) atoms. The molecule has 1 aromatic heterocycles. The SMILES string of the molecule is CCCn1cncc1CNCC(C)NC(=O)OC(C)(C)C. The van der Waals surface area contributed by atoms with Crippen LogP contribution in [0.2, 0.25) is 0 Å². The molecule has 0 aliphatic heterocycles. The van der Waals surface area contributed by atoms with Crippen LogP contribution in [-0.4, -0.2) is 33.8 Å². The molecule has 0 radical (unpaired) electrons. The van der Waals surface area contributed by atoms with E-state index < -0.39 is 5.60 Å². The summed E-state index contributed by atoms with van der Waals surface area (Å²) in [6, 6.07) is 0.00222. The Morgan fingerprint density at radius 2 is 2.19 bits per heavy atom. The standard InChI is InChI=1S/C15H28N4O2/c1-6-7-19-11-17-10-13(19)9-16-8-12(2)18-14(20)21-15(3,4)5/h10-12,16H,6-9H2,1-5H3,(H,18,20). The number of aryl methyl sites for hydroxylation is 1. The van der Waals surface area contributed by atoms with Gasteiger partial charge >= 0.3 is 6.09 Å². The summed E-state index contributed by atoms with van der Waals surface area (Å²) < 4.78 is 7.36. The summed E-state index contributed by atoms with van der Waals surface area (Å²) in [5.41, 5.74) is 0.686. The molecule has 0 aliphatic rings. The van der Waals surface area contributed by atoms with E-state index in [2.05, 4.69) is 27.1 Å². The van der Waals surface area contributed by atoms with Crippen molar-refractivity contribution in [2.24, 2.45) is 0 Å². The number of ether oxygens (including phenoxy) is 1. The van der Waals surface area contributed by atoms with Crippen molar-refractivity contribution in [3.8, 4) is 0 Å². The Balaban J connectivity index is 2.28. The Hall–Kier alpha value is -1.56. The third-order valence-corrected chi connectivity index (χ3v) is 2.78. The fourth-order valence-corrected chi connectivity index (χ4v) is 1.91. The first-order valence-electron chi connectivity index (χ1n) is 7.51. The summed E-state index contributed by atoms with van der Waals surface area (Å²) in [5, 5.41) is 6.13. The maximum absolute atomic E-state index is 11.6. The Bertz CT molecular complexity index is 437. The smallest absolute Gasteiger partial charge is 0.407 e. The van der Waals surface area contributed by atoms with Crippen LogP contribution in [0, 0.1) is 0 Å². The highest BCUT2D eigenvalue weighted by molar-refractivity contribution is 5.68. The van der Waals surface area contributed by atoms with Crippen LogP contribution >= 0.6 is 0 Å². The number of rotatable bonds is 7. The quantitative estimate of drug-likeness (QED) is 0.810. The van der Waals surface area contributed by atoms with E-state index in [9.17, 15) is 4.79 Å². The number of nitrogens with zero attached hydrogens (tertiary/aromatic N) is 2. The zero-order valence-electron chi connectivity index (χ0n) is 13.8. The van der Waals surface area contributed by atoms with Crippen LogP contribution in [0.5, 0.6) is 0 Å². The fraction of sp³-hybridized carbons (Fsp3) is 0.733. The molecule has 0 saturated carbocycles. The van der Waals surface area contributed by atoms with Crippen LogP contribution in [-0.2, 0) is 17.8 Å². The van der Waals surface area contributed by atoms with E-state index in [0.29, 0.717) is 6.54 Å². The predicted octanol–water partition coefficient (Wildman–Crippen LogP) is 2.30. The van der Waals surface area contributed by atoms with Gasteiger partial charge in [-0.1, -0.05) is 6.92 Å². The molecule has 0 bridgehead atoms. The molecule has 0 aromatic carbocycles. The van der Waals surface area contributed by atoms with Gasteiger partial charge in [0.25, 0.3) is 0 Å². The molecule has 1 amide bonds. The van der Waals surface area contributed by atoms with E-state index >= 15 is 0 Å². The Labute approximate surface area is 127 Å². The summed E-state index contributed by atoms with van der Waals surface area (Å²) in [6.45, 7) is 12.0. The lowest BCUT2D eigenvalue weighted by Crippen LogP contribution is -2.42. The maximum Gasteiger partial charge on any atom is 0.407 e. The first kappa shape index (κ1) is 17.5. The number of nitrogens with one attached hydrogen (secondary N) is 2. The first-order chi connectivity index (χ1) is 9.81. The third kappa shape index (κ3) is 7.13. The van der Waals surface area contributed by atoms with E-state index in [1.807, 2.05) is 40.2 Å². The molecular weight excluding hydrogens is 268 g/mol. The Morgan fingerprint density at radius 1 is 1.48 bits per heavy atom. The van der Waals surface area contributed by atoms with Crippen molar-refractivity contribution in [3.63, 3.8) is 0 Å². The van der Waals surface area contributed by atoms with Gasteiger partial charge in [-0.25, -0.2) is 9.78 Å². The van der Waals surface area contributed by atoms with Crippen molar-refractivity contribution in [3.05, 3.63) is 18.2 Å². The highest BCUT2D eigenvalue weighted by Gasteiger charge is 2.17. The van der Waals surface area contributed by atoms with Gasteiger partial charge in [-0.15, -0.1) is 0 Å². The number of alkyl carbamates (subject to hydrolysis) is 1. The summed E-state index contributed by atoms with van der Waals surface area (Å²) >= 11 is 0. The highest BCUT2D eigenvalue weighted by Crippen LogP contribution is 2.06. The van der Waals surface area contributed by atoms with E-state index in [1.165, 1.54) is 0 Å². The third-order valence-electron chi connectivity index (χ3n) is 2.78. The van der Waals surface area contributed by atoms with Gasteiger partial charge in [0.2, 0.25) is 0 Å². The second-order valence-corrected chi connectivity index (χ2v) is 6.26. The number of hydrogen-bond donors (Lipinski definition) is 2. The minimum absolute atomic E-state index is 0.00222. The second-order valence-electron chi connectivity index (χ2n) is 6.26. The first-order valence-corrected chi connectivity index (χ1v) is 7.51. The molecule has 2 N–H and O–H groups in total. The lowest BCUT2D eigenvalue weighted by molar-refractivity contribution is 0.0508. The van der Waals surface area contributed by atoms with Gasteiger partial charge in [0, 0.05) is 31.9 Å². The number of aromatic nitrogens is 2. The zero-order chi connectivity index (χ0) is 15.9. The number of imidazole rings is 1. The summed E-state index contributed by atoms with van der Waals surface area (Å²) in [6.07, 6.45) is 4.42. The monoisotopic (exact) mass is 296 g/mol. The van der Waals surface area contributed by atoms with E-state index in [-0.39, 0.29) is 12.1 Å². The molecule has 0 fully saturated rings. The van der Waals surface area contributed by atoms with Gasteiger partial charge in [-0.3, -0.25) is 0 Å². The summed E-state index contributed by atoms with van der Waals surface area (Å²) in [5.74, 6) is 0. The number of carbonyl (C=O) groups is 1. The maximum atomic E-state index is 11.6. The van der Waals surface area contributed by atoms with Crippen LogP contribution in [0.15, 0.2) is 12.5 Å². The second kappa shape index (κ2) is 8.02. The molecule has 6 nitrogen and oxygen atoms in total. The molecule has 1 aromatic rings. The van der Waals surface area contributed by atoms with Gasteiger partial charge in [-0.05, 0) is 34.1 Å². The molecule has 0 saturated heterocycles. The van der Waals surface area contributed by atoms with Gasteiger partial charge in [0.05, 0.1) is 12.0 Å². The normalized spacial score (nSPS) is 13.0. The molecule has 0 aliphatic carbocycles. The molecule has 1 atom stereocenters. The molecule has 120 valence electrons. The van der Waals surface area contributed by atoms with Crippen LogP contribution in [0.25, 0.3) is 0 Å². The van der Waals surface area contributed by atoms with Gasteiger partial charge in [0.1, 0.15) is 5.60 Å². The Morgan fingerprint density at radius 3 is 2.81 bits per heavy atom. The molecule has 1 rings (SSSR count). The van der Waals surface area contributed by atoms with Crippen molar-refractivity contribution in [1.29, 1.82) is 0 Å². The number of hydrogen-bond acceptors (Lipinski definition) is 4. The largest absolute Gasteiger partial charge is 0.444 e. The van der Waals surface area contributed by atoms with Crippen molar-refractivity contribution >= 4 is 6.09 Å². The average molecular weight is 296 g/mol. The van der Waals surface area contributed by atoms with E-state index in [1.54, 1.807) is 0 Å². The van der Waals surface area contributed by atoms with Crippen LogP contribution in [0.1, 0.15) is 46.7 Å². The highest BCUT2D eigenvalue weighted by atomic mass is 16.6. The molecule has 1 unspecified atom stereocenters. The van der Waals surface area contributed by atoms with Crippen LogP contribution < -0.4 is 10.6 Å². The van der Waals surface area contributed by atoms with Crippen molar-refractivity contribution < 1.29 is 9.53 Å². The van der Waals surface area contributed by atoms with E-state index in [0.717, 1.165) is 25.2 Å². The molecule has 1 heterocycles. The van der Waals surface area contributed by atoms with Crippen molar-refractivity contribution in [1.82, 2.24) is 20.2 Å². The predicted molar refractivity (Wildman–Crippen MR) is 83.1 cm³/mol. The zero-order valence-corrected chi connectivity index (χ0v) is 13.8. The molecule has 6 heteroatoms. The molecule has 0 spiro atoms. The Kier molecular flexibility index (Phi) is 6.68. The number of carbonyl (C=O) groups excluding carboxylic acids is 1. The lowest BCUT2D eigenvalue weighted by atomic mass is 10.2. The van der Waals surface area contributed by atoms with Gasteiger partial charge in [0.15, 0.2) is 0 Å². The average Bonchev–Trinajstić information content (AvgIpc) is 2.74. The topological polar surface area (TPSA) is 68.2 Å². The minimum atomic E-state index is -0.468. The van der Waals surface area contributed by atoms with Crippen molar-refractivity contribution in [2.45, 2.75) is 65.8 Å². The van der Waals surface area contributed by atoms with Gasteiger partial charge in [-0.2, -0.15) is 0 Å². The minimum Gasteiger partial charge on any atom is -0.444 e. The van der Waals surface area contributed by atoms with Crippen molar-refractivity contribution in [2.75, 3.05) is 6.54 Å². The number of amides is 1. The van der Waals surface area contributed by atoms with Crippen LogP contribution in [0.3, 0.4) is 0 Å².